The molecule has 0 fully saturated rings. The summed E-state index contributed by atoms with van der Waals surface area (Å²) >= 11 is 0. The van der Waals surface area contributed by atoms with E-state index in [1.165, 1.54) is 16.7 Å². The van der Waals surface area contributed by atoms with Crippen LogP contribution in [-0.4, -0.2) is 4.98 Å². The summed E-state index contributed by atoms with van der Waals surface area (Å²) in [7, 11) is 0. The molecular formula is C15H14FN. The van der Waals surface area contributed by atoms with Gasteiger partial charge in [0.1, 0.15) is 5.82 Å². The highest BCUT2D eigenvalue weighted by Gasteiger charge is 2.20. The molecule has 0 amide bonds. The van der Waals surface area contributed by atoms with E-state index in [0.717, 1.165) is 18.4 Å². The standard InChI is InChI=1S/C15H14FN/c1-10-14-8-13(16)5-4-11(14)2-3-12-6-7-17-9-15(10)12/h4-10H,2-3H2,1H3. The van der Waals surface area contributed by atoms with Gasteiger partial charge in [0, 0.05) is 18.3 Å². The van der Waals surface area contributed by atoms with E-state index in [-0.39, 0.29) is 11.7 Å². The molecule has 0 bridgehead atoms. The van der Waals surface area contributed by atoms with Crippen molar-refractivity contribution >= 4 is 0 Å². The fourth-order valence-electron chi connectivity index (χ4n) is 2.69. The third-order valence-electron chi connectivity index (χ3n) is 3.65. The van der Waals surface area contributed by atoms with Crippen molar-refractivity contribution in [2.75, 3.05) is 0 Å². The number of pyridine rings is 1. The number of aromatic nitrogens is 1. The Kier molecular flexibility index (Phi) is 2.43. The van der Waals surface area contributed by atoms with Crippen molar-refractivity contribution in [2.45, 2.75) is 25.7 Å². The van der Waals surface area contributed by atoms with Crippen LogP contribution in [0.3, 0.4) is 0 Å². The van der Waals surface area contributed by atoms with E-state index in [2.05, 4.69) is 18.0 Å². The third-order valence-corrected chi connectivity index (χ3v) is 3.65. The average Bonchev–Trinajstić information content (AvgIpc) is 2.49. The number of fused-ring (bicyclic) bond motifs is 2. The van der Waals surface area contributed by atoms with Crippen molar-refractivity contribution in [3.63, 3.8) is 0 Å². The van der Waals surface area contributed by atoms with Gasteiger partial charge in [-0.2, -0.15) is 0 Å². The van der Waals surface area contributed by atoms with Crippen LogP contribution in [0.15, 0.2) is 36.7 Å². The molecule has 1 unspecified atom stereocenters. The molecule has 3 rings (SSSR count). The van der Waals surface area contributed by atoms with Gasteiger partial charge in [0.2, 0.25) is 0 Å². The van der Waals surface area contributed by atoms with E-state index >= 15 is 0 Å². The van der Waals surface area contributed by atoms with Gasteiger partial charge in [-0.25, -0.2) is 4.39 Å². The molecule has 86 valence electrons. The van der Waals surface area contributed by atoms with Gasteiger partial charge in [-0.1, -0.05) is 13.0 Å². The van der Waals surface area contributed by atoms with Gasteiger partial charge in [-0.3, -0.25) is 4.98 Å². The van der Waals surface area contributed by atoms with Crippen LogP contribution in [0.2, 0.25) is 0 Å². The average molecular weight is 227 g/mol. The van der Waals surface area contributed by atoms with Crippen molar-refractivity contribution in [1.82, 2.24) is 4.98 Å². The van der Waals surface area contributed by atoms with Crippen LogP contribution in [0.4, 0.5) is 4.39 Å². The third kappa shape index (κ3) is 1.74. The first-order valence-electron chi connectivity index (χ1n) is 5.97. The molecule has 0 spiro atoms. The number of nitrogens with zero attached hydrogens (tertiary/aromatic N) is 1. The second kappa shape index (κ2) is 3.95. The normalized spacial score (nSPS) is 18.1. The predicted octanol–water partition coefficient (Wildman–Crippen LogP) is 3.47. The smallest absolute Gasteiger partial charge is 0.123 e. The highest BCUT2D eigenvalue weighted by molar-refractivity contribution is 5.43. The van der Waals surface area contributed by atoms with Crippen molar-refractivity contribution < 1.29 is 4.39 Å². The fraction of sp³-hybridized carbons (Fsp3) is 0.267. The first kappa shape index (κ1) is 10.5. The first-order valence-corrected chi connectivity index (χ1v) is 5.97. The van der Waals surface area contributed by atoms with E-state index in [9.17, 15) is 4.39 Å². The molecule has 0 aliphatic heterocycles. The maximum atomic E-state index is 13.4. The zero-order chi connectivity index (χ0) is 11.8. The molecule has 0 saturated carbocycles. The summed E-state index contributed by atoms with van der Waals surface area (Å²) in [5.74, 6) is 0.0786. The molecule has 1 heterocycles. The lowest BCUT2D eigenvalue weighted by Crippen LogP contribution is -2.00. The highest BCUT2D eigenvalue weighted by Crippen LogP contribution is 2.33. The Balaban J connectivity index is 2.18. The quantitative estimate of drug-likeness (QED) is 0.671. The van der Waals surface area contributed by atoms with Crippen LogP contribution in [-0.2, 0) is 12.8 Å². The molecule has 1 nitrogen and oxygen atoms in total. The van der Waals surface area contributed by atoms with E-state index in [1.54, 1.807) is 12.1 Å². The van der Waals surface area contributed by atoms with Crippen LogP contribution in [0.5, 0.6) is 0 Å². The van der Waals surface area contributed by atoms with Crippen LogP contribution in [0.1, 0.15) is 35.1 Å². The van der Waals surface area contributed by atoms with Gasteiger partial charge in [0.05, 0.1) is 0 Å². The minimum atomic E-state index is -0.150. The SMILES string of the molecule is CC1c2cnccc2CCc2ccc(F)cc21. The van der Waals surface area contributed by atoms with Crippen molar-refractivity contribution in [3.8, 4) is 0 Å². The second-order valence-electron chi connectivity index (χ2n) is 4.64. The van der Waals surface area contributed by atoms with E-state index in [1.807, 2.05) is 18.5 Å². The number of benzene rings is 1. The molecule has 2 aromatic rings. The molecule has 1 aromatic heterocycles. The van der Waals surface area contributed by atoms with E-state index in [4.69, 9.17) is 0 Å². The summed E-state index contributed by atoms with van der Waals surface area (Å²) in [6.07, 6.45) is 5.75. The molecule has 1 aliphatic carbocycles. The maximum absolute atomic E-state index is 13.4. The van der Waals surface area contributed by atoms with Gasteiger partial charge >= 0.3 is 0 Å². The van der Waals surface area contributed by atoms with Gasteiger partial charge in [0.25, 0.3) is 0 Å². The van der Waals surface area contributed by atoms with Crippen LogP contribution in [0.25, 0.3) is 0 Å². The van der Waals surface area contributed by atoms with E-state index < -0.39 is 0 Å². The maximum Gasteiger partial charge on any atom is 0.123 e. The summed E-state index contributed by atoms with van der Waals surface area (Å²) in [5, 5.41) is 0. The number of halogens is 1. The van der Waals surface area contributed by atoms with Crippen molar-refractivity contribution in [1.29, 1.82) is 0 Å². The van der Waals surface area contributed by atoms with Crippen molar-refractivity contribution in [2.24, 2.45) is 0 Å². The zero-order valence-electron chi connectivity index (χ0n) is 9.78. The van der Waals surface area contributed by atoms with Gasteiger partial charge in [0.15, 0.2) is 0 Å². The summed E-state index contributed by atoms with van der Waals surface area (Å²) in [4.78, 5) is 4.19. The zero-order valence-corrected chi connectivity index (χ0v) is 9.78. The molecule has 1 atom stereocenters. The summed E-state index contributed by atoms with van der Waals surface area (Å²) in [6, 6.07) is 7.22. The number of rotatable bonds is 0. The van der Waals surface area contributed by atoms with Crippen LogP contribution < -0.4 is 0 Å². The Morgan fingerprint density at radius 1 is 1.12 bits per heavy atom. The van der Waals surface area contributed by atoms with Crippen LogP contribution >= 0.6 is 0 Å². The Hall–Kier alpha value is -1.70. The Morgan fingerprint density at radius 3 is 2.71 bits per heavy atom. The molecule has 2 heteroatoms. The van der Waals surface area contributed by atoms with E-state index in [0.29, 0.717) is 0 Å². The Bertz CT molecular complexity index is 563. The molecule has 17 heavy (non-hydrogen) atoms. The highest BCUT2D eigenvalue weighted by atomic mass is 19.1. The minimum Gasteiger partial charge on any atom is -0.264 e. The molecule has 0 radical (unpaired) electrons. The number of aryl methyl sites for hydroxylation is 2. The second-order valence-corrected chi connectivity index (χ2v) is 4.64. The van der Waals surface area contributed by atoms with Gasteiger partial charge < -0.3 is 0 Å². The van der Waals surface area contributed by atoms with Crippen LogP contribution in [0, 0.1) is 5.82 Å². The number of hydrogen-bond acceptors (Lipinski definition) is 1. The predicted molar refractivity (Wildman–Crippen MR) is 65.6 cm³/mol. The Labute approximate surface area is 100 Å². The molecule has 0 N–H and O–H groups in total. The molecular weight excluding hydrogens is 213 g/mol. The van der Waals surface area contributed by atoms with Crippen molar-refractivity contribution in [3.05, 3.63) is 64.7 Å². The summed E-state index contributed by atoms with van der Waals surface area (Å²) < 4.78 is 13.4. The molecule has 1 aromatic carbocycles. The molecule has 1 aliphatic rings. The monoisotopic (exact) mass is 227 g/mol. The lowest BCUT2D eigenvalue weighted by molar-refractivity contribution is 0.623. The molecule has 0 saturated heterocycles. The lowest BCUT2D eigenvalue weighted by atomic mass is 9.91. The Morgan fingerprint density at radius 2 is 1.88 bits per heavy atom. The number of hydrogen-bond donors (Lipinski definition) is 0. The summed E-state index contributed by atoms with van der Waals surface area (Å²) in [5.41, 5.74) is 4.94. The summed E-state index contributed by atoms with van der Waals surface area (Å²) in [6.45, 7) is 2.13. The lowest BCUT2D eigenvalue weighted by Gasteiger charge is -2.14. The van der Waals surface area contributed by atoms with Gasteiger partial charge in [-0.05, 0) is 53.3 Å². The minimum absolute atomic E-state index is 0.150. The largest absolute Gasteiger partial charge is 0.264 e. The fourth-order valence-corrected chi connectivity index (χ4v) is 2.69. The topological polar surface area (TPSA) is 12.9 Å². The van der Waals surface area contributed by atoms with Gasteiger partial charge in [-0.15, -0.1) is 0 Å². The first-order chi connectivity index (χ1) is 8.25.